The average Bonchev–Trinajstić information content (AvgIpc) is 2.84. The van der Waals surface area contributed by atoms with E-state index in [0.717, 1.165) is 34.4 Å². The maximum absolute atomic E-state index is 13.7. The predicted molar refractivity (Wildman–Crippen MR) is 116 cm³/mol. The summed E-state index contributed by atoms with van der Waals surface area (Å²) in [7, 11) is 0. The minimum absolute atomic E-state index is 0. The van der Waals surface area contributed by atoms with Gasteiger partial charge < -0.3 is 12.4 Å². The minimum Gasteiger partial charge on any atom is -1.00 e. The van der Waals surface area contributed by atoms with Gasteiger partial charge >= 0.3 is 6.18 Å². The molecule has 0 saturated heterocycles. The molecule has 4 aromatic rings. The molecule has 3 aromatic carbocycles. The molecule has 7 rings (SSSR count). The van der Waals surface area contributed by atoms with Crippen molar-refractivity contribution in [2.75, 3.05) is 0 Å². The van der Waals surface area contributed by atoms with Gasteiger partial charge in [0, 0.05) is 29.5 Å². The minimum atomic E-state index is -4.37. The van der Waals surface area contributed by atoms with E-state index in [9.17, 15) is 13.2 Å². The first-order valence-electron chi connectivity index (χ1n) is 10.8. The van der Waals surface area contributed by atoms with Crippen molar-refractivity contribution in [2.45, 2.75) is 30.0 Å². The molecule has 5 heteroatoms. The zero-order valence-corrected chi connectivity index (χ0v) is 18.4. The van der Waals surface area contributed by atoms with Crippen molar-refractivity contribution in [3.05, 3.63) is 137 Å². The highest BCUT2D eigenvalue weighted by molar-refractivity contribution is 5.55. The van der Waals surface area contributed by atoms with Crippen LogP contribution in [0.25, 0.3) is 0 Å². The van der Waals surface area contributed by atoms with E-state index in [1.165, 1.54) is 12.1 Å². The highest BCUT2D eigenvalue weighted by Gasteiger charge is 2.59. The van der Waals surface area contributed by atoms with Crippen LogP contribution >= 0.6 is 0 Å². The molecule has 1 aliphatic carbocycles. The lowest BCUT2D eigenvalue weighted by atomic mass is 9.53. The first-order chi connectivity index (χ1) is 15.5. The molecule has 0 spiro atoms. The zero-order chi connectivity index (χ0) is 21.9. The topological polar surface area (TPSA) is 3.88 Å². The molecule has 2 unspecified atom stereocenters. The second-order valence-electron chi connectivity index (χ2n) is 8.73. The van der Waals surface area contributed by atoms with Gasteiger partial charge in [-0.15, -0.1) is 0 Å². The maximum atomic E-state index is 13.7. The monoisotopic (exact) mass is 463 g/mol. The summed E-state index contributed by atoms with van der Waals surface area (Å²) < 4.78 is 43.4. The predicted octanol–water partition coefficient (Wildman–Crippen LogP) is 3.42. The van der Waals surface area contributed by atoms with E-state index in [2.05, 4.69) is 41.1 Å². The number of nitrogens with zero attached hydrogens (tertiary/aromatic N) is 1. The van der Waals surface area contributed by atoms with Gasteiger partial charge in [-0.2, -0.15) is 17.7 Å². The van der Waals surface area contributed by atoms with Crippen molar-refractivity contribution in [1.29, 1.82) is 0 Å². The summed E-state index contributed by atoms with van der Waals surface area (Å²) in [5.41, 5.74) is 4.08. The SMILES string of the molecule is FC(F)(F)c1ccc2c(c1)C1c3cccc[n+]3C2CC1(c1ccccc1)c1ccccc1.[Cl-]. The Morgan fingerprint density at radius 1 is 0.727 bits per heavy atom. The Morgan fingerprint density at radius 2 is 1.33 bits per heavy atom. The number of fused-ring (bicyclic) bond motifs is 1. The Kier molecular flexibility index (Phi) is 5.09. The van der Waals surface area contributed by atoms with E-state index in [1.54, 1.807) is 6.07 Å². The number of alkyl halides is 3. The molecule has 166 valence electrons. The highest BCUT2D eigenvalue weighted by Crippen LogP contribution is 2.59. The van der Waals surface area contributed by atoms with Crippen LogP contribution in [0.2, 0.25) is 0 Å². The van der Waals surface area contributed by atoms with E-state index >= 15 is 0 Å². The van der Waals surface area contributed by atoms with Gasteiger partial charge in [0.25, 0.3) is 0 Å². The van der Waals surface area contributed by atoms with Crippen molar-refractivity contribution in [2.24, 2.45) is 0 Å². The Hall–Kier alpha value is -3.11. The summed E-state index contributed by atoms with van der Waals surface area (Å²) in [6.07, 6.45) is -1.51. The zero-order valence-electron chi connectivity index (χ0n) is 17.6. The quantitative estimate of drug-likeness (QED) is 0.401. The van der Waals surface area contributed by atoms with E-state index in [4.69, 9.17) is 0 Å². The van der Waals surface area contributed by atoms with Crippen molar-refractivity contribution >= 4 is 0 Å². The molecule has 0 N–H and O–H groups in total. The van der Waals surface area contributed by atoms with Crippen LogP contribution in [-0.2, 0) is 11.6 Å². The normalized spacial score (nSPS) is 19.8. The average molecular weight is 464 g/mol. The van der Waals surface area contributed by atoms with Crippen LogP contribution in [0.5, 0.6) is 0 Å². The van der Waals surface area contributed by atoms with Crippen LogP contribution in [-0.4, -0.2) is 0 Å². The summed E-state index contributed by atoms with van der Waals surface area (Å²) in [6, 6.07) is 30.9. The number of pyridine rings is 1. The molecule has 2 bridgehead atoms. The largest absolute Gasteiger partial charge is 1.00 e. The molecular weight excluding hydrogens is 443 g/mol. The van der Waals surface area contributed by atoms with Gasteiger partial charge in [0.1, 0.15) is 0 Å². The first kappa shape index (κ1) is 21.7. The molecular formula is C28H21ClF3N. The van der Waals surface area contributed by atoms with Crippen LogP contribution in [0.3, 0.4) is 0 Å². The van der Waals surface area contributed by atoms with Gasteiger partial charge in [-0.1, -0.05) is 72.8 Å². The summed E-state index contributed by atoms with van der Waals surface area (Å²) in [6.45, 7) is 0. The fraction of sp³-hybridized carbons (Fsp3) is 0.179. The van der Waals surface area contributed by atoms with E-state index in [1.807, 2.05) is 48.5 Å². The maximum Gasteiger partial charge on any atom is 0.416 e. The molecule has 0 radical (unpaired) electrons. The third kappa shape index (κ3) is 3.12. The smallest absolute Gasteiger partial charge is 0.416 e. The molecule has 0 fully saturated rings. The van der Waals surface area contributed by atoms with Gasteiger partial charge in [-0.05, 0) is 28.8 Å². The van der Waals surface area contributed by atoms with E-state index < -0.39 is 17.2 Å². The summed E-state index contributed by atoms with van der Waals surface area (Å²) in [4.78, 5) is 0. The van der Waals surface area contributed by atoms with Gasteiger partial charge in [0.2, 0.25) is 0 Å². The molecule has 1 nitrogen and oxygen atoms in total. The van der Waals surface area contributed by atoms with Crippen molar-refractivity contribution in [3.63, 3.8) is 0 Å². The van der Waals surface area contributed by atoms with Gasteiger partial charge in [-0.25, -0.2) is 0 Å². The number of hydrogen-bond acceptors (Lipinski definition) is 0. The Morgan fingerprint density at radius 3 is 1.94 bits per heavy atom. The van der Waals surface area contributed by atoms with E-state index in [-0.39, 0.29) is 24.4 Å². The molecule has 0 amide bonds. The molecule has 2 aliphatic heterocycles. The van der Waals surface area contributed by atoms with E-state index in [0.29, 0.717) is 0 Å². The molecule has 3 heterocycles. The highest BCUT2D eigenvalue weighted by atomic mass is 35.5. The van der Waals surface area contributed by atoms with Crippen LogP contribution in [0.15, 0.2) is 103 Å². The van der Waals surface area contributed by atoms with Gasteiger partial charge in [0.15, 0.2) is 17.9 Å². The second kappa shape index (κ2) is 7.74. The Bertz CT molecular complexity index is 1260. The first-order valence-corrected chi connectivity index (χ1v) is 10.8. The van der Waals surface area contributed by atoms with Crippen LogP contribution in [0.1, 0.15) is 51.9 Å². The van der Waals surface area contributed by atoms with Crippen molar-refractivity contribution in [3.8, 4) is 0 Å². The van der Waals surface area contributed by atoms with Gasteiger partial charge in [-0.3, -0.25) is 0 Å². The van der Waals surface area contributed by atoms with Crippen molar-refractivity contribution < 1.29 is 30.1 Å². The lowest BCUT2D eigenvalue weighted by Gasteiger charge is -2.50. The second-order valence-corrected chi connectivity index (χ2v) is 8.73. The Labute approximate surface area is 196 Å². The standard InChI is InChI=1S/C28H21F3N.ClH/c29-28(30,31)21-14-15-22-23(17-21)26-24-13-7-8-16-32(24)25(22)18-27(26,19-9-3-1-4-10-19)20-11-5-2-6-12-20;/h1-17,25-26H,18H2;1H/q+1;/p-1. The number of rotatable bonds is 2. The molecule has 2 atom stereocenters. The number of aromatic nitrogens is 1. The number of hydrogen-bond donors (Lipinski definition) is 0. The molecule has 0 saturated carbocycles. The molecule has 3 aliphatic rings. The Balaban J connectivity index is 0.00000228. The number of benzene rings is 3. The molecule has 1 aromatic heterocycles. The van der Waals surface area contributed by atoms with Gasteiger partial charge in [0.05, 0.1) is 11.5 Å². The summed E-state index contributed by atoms with van der Waals surface area (Å²) in [5, 5.41) is 0. The summed E-state index contributed by atoms with van der Waals surface area (Å²) in [5.74, 6) is -0.226. The van der Waals surface area contributed by atoms with Crippen LogP contribution in [0, 0.1) is 0 Å². The van der Waals surface area contributed by atoms with Crippen LogP contribution in [0.4, 0.5) is 13.2 Å². The fourth-order valence-electron chi connectivity index (χ4n) is 5.97. The fourth-order valence-corrected chi connectivity index (χ4v) is 5.97. The lowest BCUT2D eigenvalue weighted by Crippen LogP contribution is -3.00. The lowest BCUT2D eigenvalue weighted by molar-refractivity contribution is -0.732. The molecule has 33 heavy (non-hydrogen) atoms. The third-order valence-corrected chi connectivity index (χ3v) is 7.22. The van der Waals surface area contributed by atoms with Crippen LogP contribution < -0.4 is 17.0 Å². The third-order valence-electron chi connectivity index (χ3n) is 7.22. The summed E-state index contributed by atoms with van der Waals surface area (Å²) >= 11 is 0. The van der Waals surface area contributed by atoms with Crippen molar-refractivity contribution in [1.82, 2.24) is 0 Å². The number of halogens is 4.